The van der Waals surface area contributed by atoms with Crippen molar-refractivity contribution in [1.29, 1.82) is 0 Å². The highest BCUT2D eigenvalue weighted by Gasteiger charge is 2.57. The van der Waals surface area contributed by atoms with Crippen molar-refractivity contribution in [2.45, 2.75) is 39.1 Å². The van der Waals surface area contributed by atoms with Crippen molar-refractivity contribution in [2.75, 3.05) is 18.9 Å². The molecular formula is C30H27F6N3O3. The first-order chi connectivity index (χ1) is 23.3. The Morgan fingerprint density at radius 1 is 0.976 bits per heavy atom. The Kier molecular flexibility index (Phi) is 5.44. The fourth-order valence-electron chi connectivity index (χ4n) is 4.03. The molecule has 2 aromatic heterocycles. The van der Waals surface area contributed by atoms with Gasteiger partial charge in [-0.25, -0.2) is 4.39 Å². The summed E-state index contributed by atoms with van der Waals surface area (Å²) in [5.41, 5.74) is -4.90. The van der Waals surface area contributed by atoms with Crippen LogP contribution in [0.5, 0.6) is 0 Å². The molecule has 6 nitrogen and oxygen atoms in total. The molecule has 4 aromatic rings. The number of amides is 1. The first-order valence-electron chi connectivity index (χ1n) is 16.5. The third-order valence-electron chi connectivity index (χ3n) is 6.06. The van der Waals surface area contributed by atoms with Gasteiger partial charge in [-0.05, 0) is 47.4 Å². The molecule has 0 radical (unpaired) electrons. The van der Waals surface area contributed by atoms with Gasteiger partial charge in [-0.1, -0.05) is 38.8 Å². The molecule has 1 amide bonds. The van der Waals surface area contributed by atoms with E-state index in [1.807, 2.05) is 5.32 Å². The first-order valence-corrected chi connectivity index (χ1v) is 12.0. The molecule has 0 aliphatic rings. The molecule has 0 unspecified atom stereocenters. The van der Waals surface area contributed by atoms with Crippen molar-refractivity contribution < 1.29 is 52.7 Å². The average molecular weight is 601 g/mol. The summed E-state index contributed by atoms with van der Waals surface area (Å²) in [6, 6.07) is 10.2. The molecular weight excluding hydrogens is 564 g/mol. The van der Waals surface area contributed by atoms with Crippen LogP contribution in [0, 0.1) is 11.2 Å². The number of benzene rings is 2. The van der Waals surface area contributed by atoms with Gasteiger partial charge in [-0.2, -0.15) is 26.9 Å². The molecule has 222 valence electrons. The summed E-state index contributed by atoms with van der Waals surface area (Å²) in [5, 5.41) is 4.18. The van der Waals surface area contributed by atoms with Gasteiger partial charge in [0.2, 0.25) is 5.71 Å². The largest absolute Gasteiger partial charge is 0.455 e. The van der Waals surface area contributed by atoms with Crippen molar-refractivity contribution in [3.05, 3.63) is 71.5 Å². The number of ketones is 1. The highest BCUT2D eigenvalue weighted by molar-refractivity contribution is 6.11. The van der Waals surface area contributed by atoms with Crippen LogP contribution in [-0.4, -0.2) is 42.4 Å². The van der Waals surface area contributed by atoms with Crippen LogP contribution in [0.15, 0.2) is 59.0 Å². The van der Waals surface area contributed by atoms with Crippen molar-refractivity contribution in [3.8, 4) is 22.5 Å². The van der Waals surface area contributed by atoms with Gasteiger partial charge in [0.25, 0.3) is 5.91 Å². The van der Waals surface area contributed by atoms with Crippen molar-refractivity contribution >= 4 is 28.6 Å². The van der Waals surface area contributed by atoms with E-state index in [0.717, 1.165) is 30.3 Å². The number of nitrogens with zero attached hydrogens (tertiary/aromatic N) is 1. The van der Waals surface area contributed by atoms with Crippen LogP contribution in [0.25, 0.3) is 33.6 Å². The monoisotopic (exact) mass is 600 g/mol. The second kappa shape index (κ2) is 11.1. The molecule has 4 rings (SSSR count). The molecule has 0 aliphatic carbocycles. The molecule has 2 aromatic carbocycles. The molecule has 0 fully saturated rings. The van der Waals surface area contributed by atoms with Crippen LogP contribution in [0.2, 0.25) is 0 Å². The van der Waals surface area contributed by atoms with Crippen LogP contribution in [0.4, 0.5) is 32.2 Å². The number of aromatic nitrogens is 1. The fourth-order valence-corrected chi connectivity index (χ4v) is 4.03. The SMILES string of the molecule is [2H]C([2H])([2H])C(CC(=O)c1cccc(-c2cc3c(C(=O)NC)c(-c4ccc(F)cc4)oc3nc2NCC(F)(F)C(F)(F)F)c1)(C([2H])([2H])[2H])C([2H])([2H])[2H]. The van der Waals surface area contributed by atoms with Crippen molar-refractivity contribution in [3.63, 3.8) is 0 Å². The van der Waals surface area contributed by atoms with E-state index in [4.69, 9.17) is 16.8 Å². The summed E-state index contributed by atoms with van der Waals surface area (Å²) < 4.78 is 157. The number of fused-ring (bicyclic) bond motifs is 1. The number of Topliss-reactive ketones (excluding diaryl/α,β-unsaturated/α-hetero) is 1. The first kappa shape index (κ1) is 20.5. The fraction of sp³-hybridized carbons (Fsp3) is 0.300. The number of nitrogens with one attached hydrogen (secondary N) is 2. The lowest BCUT2D eigenvalue weighted by atomic mass is 9.87. The third kappa shape index (κ3) is 6.42. The lowest BCUT2D eigenvalue weighted by Crippen LogP contribution is -2.42. The van der Waals surface area contributed by atoms with E-state index in [2.05, 4.69) is 10.3 Å². The number of carbonyl (C=O) groups excluding carboxylic acids is 2. The van der Waals surface area contributed by atoms with Crippen LogP contribution >= 0.6 is 0 Å². The van der Waals surface area contributed by atoms with E-state index in [1.165, 1.54) is 31.3 Å². The average Bonchev–Trinajstić information content (AvgIpc) is 3.38. The number of carbonyl (C=O) groups is 2. The Balaban J connectivity index is 1.95. The zero-order valence-corrected chi connectivity index (χ0v) is 21.6. The molecule has 42 heavy (non-hydrogen) atoms. The van der Waals surface area contributed by atoms with Crippen molar-refractivity contribution in [1.82, 2.24) is 10.3 Å². The lowest BCUT2D eigenvalue weighted by molar-refractivity contribution is -0.275. The predicted octanol–water partition coefficient (Wildman–Crippen LogP) is 7.89. The number of halogens is 6. The number of anilines is 1. The third-order valence-corrected chi connectivity index (χ3v) is 6.06. The normalized spacial score (nSPS) is 16.5. The molecule has 0 atom stereocenters. The molecule has 0 bridgehead atoms. The number of pyridine rings is 1. The van der Waals surface area contributed by atoms with Gasteiger partial charge in [0.1, 0.15) is 17.4 Å². The summed E-state index contributed by atoms with van der Waals surface area (Å²) in [5.74, 6) is -8.81. The molecule has 0 saturated heterocycles. The maximum atomic E-state index is 14.0. The number of hydrogen-bond acceptors (Lipinski definition) is 5. The van der Waals surface area contributed by atoms with E-state index in [-0.39, 0.29) is 33.4 Å². The van der Waals surface area contributed by atoms with Gasteiger partial charge in [0.15, 0.2) is 5.78 Å². The van der Waals surface area contributed by atoms with Gasteiger partial charge in [0.05, 0.1) is 17.5 Å². The van der Waals surface area contributed by atoms with Gasteiger partial charge < -0.3 is 15.1 Å². The van der Waals surface area contributed by atoms with Gasteiger partial charge in [-0.15, -0.1) is 0 Å². The number of hydrogen-bond donors (Lipinski definition) is 2. The minimum atomic E-state index is -5.98. The Bertz CT molecular complexity index is 1920. The minimum absolute atomic E-state index is 0.111. The van der Waals surface area contributed by atoms with Gasteiger partial charge in [-0.3, -0.25) is 9.59 Å². The Morgan fingerprint density at radius 2 is 1.67 bits per heavy atom. The highest BCUT2D eigenvalue weighted by Crippen LogP contribution is 2.40. The maximum absolute atomic E-state index is 14.0. The van der Waals surface area contributed by atoms with E-state index in [0.29, 0.717) is 0 Å². The number of rotatable bonds is 8. The Morgan fingerprint density at radius 3 is 2.29 bits per heavy atom. The maximum Gasteiger partial charge on any atom is 0.455 e. The van der Waals surface area contributed by atoms with E-state index in [1.54, 1.807) is 0 Å². The van der Waals surface area contributed by atoms with Gasteiger partial charge in [0, 0.05) is 42.5 Å². The predicted molar refractivity (Wildman–Crippen MR) is 146 cm³/mol. The van der Waals surface area contributed by atoms with Crippen LogP contribution in [0.1, 0.15) is 60.0 Å². The van der Waals surface area contributed by atoms with Crippen LogP contribution in [0.3, 0.4) is 0 Å². The highest BCUT2D eigenvalue weighted by atomic mass is 19.4. The van der Waals surface area contributed by atoms with Gasteiger partial charge >= 0.3 is 12.1 Å². The molecule has 0 spiro atoms. The zero-order valence-electron chi connectivity index (χ0n) is 30.6. The number of furan rings is 1. The standard InChI is InChI=1S/C30H27F6N3O3/c1-28(2,3)14-22(40)18-7-5-6-17(12-18)20-13-21-23(26(41)37-4)24(16-8-10-19(31)11-9-16)42-27(21)39-25(20)38-15-29(32,33)30(34,35)36/h5-13H,14-15H2,1-4H3,(H,37,41)(H,38,39)/i1D3,2D3,3D3. The molecule has 0 saturated carbocycles. The quantitative estimate of drug-likeness (QED) is 0.159. The summed E-state index contributed by atoms with van der Waals surface area (Å²) in [6.07, 6.45) is -7.51. The Labute approximate surface area is 249 Å². The minimum Gasteiger partial charge on any atom is -0.437 e. The van der Waals surface area contributed by atoms with Crippen LogP contribution in [-0.2, 0) is 0 Å². The molecule has 2 heterocycles. The van der Waals surface area contributed by atoms with Crippen LogP contribution < -0.4 is 10.6 Å². The number of alkyl halides is 5. The topological polar surface area (TPSA) is 84.2 Å². The molecule has 12 heteroatoms. The second-order valence-electron chi connectivity index (χ2n) is 9.27. The Hall–Kier alpha value is -4.35. The molecule has 0 aliphatic heterocycles. The lowest BCUT2D eigenvalue weighted by Gasteiger charge is -2.21. The summed E-state index contributed by atoms with van der Waals surface area (Å²) >= 11 is 0. The zero-order chi connectivity index (χ0) is 38.5. The molecule has 2 N–H and O–H groups in total. The second-order valence-corrected chi connectivity index (χ2v) is 9.27. The van der Waals surface area contributed by atoms with E-state index < -0.39 is 85.6 Å². The smallest absolute Gasteiger partial charge is 0.437 e. The van der Waals surface area contributed by atoms with E-state index >= 15 is 0 Å². The summed E-state index contributed by atoms with van der Waals surface area (Å²) in [6.45, 7) is -13.1. The summed E-state index contributed by atoms with van der Waals surface area (Å²) in [7, 11) is 1.26. The summed E-state index contributed by atoms with van der Waals surface area (Å²) in [4.78, 5) is 30.7. The van der Waals surface area contributed by atoms with Crippen molar-refractivity contribution in [2.24, 2.45) is 5.41 Å². The van der Waals surface area contributed by atoms with E-state index in [9.17, 15) is 35.9 Å².